The number of hydrogen-bond acceptors (Lipinski definition) is 5. The molecule has 5 aliphatic carbocycles. The molecule has 0 aromatic heterocycles. The quantitative estimate of drug-likeness (QED) is 0.331. The summed E-state index contributed by atoms with van der Waals surface area (Å²) in [6.07, 6.45) is 10.1. The third kappa shape index (κ3) is 4.42. The molecule has 1 unspecified atom stereocenters. The molecule has 0 saturated heterocycles. The first-order valence-electron chi connectivity index (χ1n) is 17.4. The summed E-state index contributed by atoms with van der Waals surface area (Å²) in [6, 6.07) is 6.23. The van der Waals surface area contributed by atoms with Gasteiger partial charge < -0.3 is 15.2 Å². The summed E-state index contributed by atoms with van der Waals surface area (Å²) in [5, 5.41) is 12.9. The van der Waals surface area contributed by atoms with Crippen LogP contribution in [0.2, 0.25) is 0 Å². The van der Waals surface area contributed by atoms with Gasteiger partial charge >= 0.3 is 11.9 Å². The SMILES string of the molecule is COC(=O)[C@@]1(C)CC[C@]2(C)CC[C@]3(C)C(=CC(=O)[C@@H]4[C@@]5(C)CCC(NC(=O)c6ccccc6C(=O)O)C(C)(C)[C@@H]5CC[C@]43C)[C@H]2C1. The molecule has 250 valence electrons. The molecule has 5 aliphatic rings. The number of aromatic carboxylic acids is 1. The van der Waals surface area contributed by atoms with Gasteiger partial charge in [0.15, 0.2) is 5.78 Å². The lowest BCUT2D eigenvalue weighted by Crippen LogP contribution is -2.67. The molecule has 0 aliphatic heterocycles. The monoisotopic (exact) mass is 631 g/mol. The van der Waals surface area contributed by atoms with Gasteiger partial charge in [0.05, 0.1) is 23.7 Å². The Labute approximate surface area is 274 Å². The van der Waals surface area contributed by atoms with Crippen LogP contribution in [0.1, 0.15) is 127 Å². The maximum Gasteiger partial charge on any atom is 0.336 e. The number of hydrogen-bond donors (Lipinski definition) is 2. The summed E-state index contributed by atoms with van der Waals surface area (Å²) >= 11 is 0. The highest BCUT2D eigenvalue weighted by Gasteiger charge is 2.70. The summed E-state index contributed by atoms with van der Waals surface area (Å²) in [6.45, 7) is 16.0. The van der Waals surface area contributed by atoms with Crippen LogP contribution in [-0.2, 0) is 14.3 Å². The van der Waals surface area contributed by atoms with Crippen molar-refractivity contribution in [1.82, 2.24) is 5.32 Å². The van der Waals surface area contributed by atoms with Gasteiger partial charge in [0.25, 0.3) is 5.91 Å². The second kappa shape index (κ2) is 10.5. The molecule has 0 spiro atoms. The number of ketones is 1. The smallest absolute Gasteiger partial charge is 0.336 e. The van der Waals surface area contributed by atoms with E-state index in [1.807, 2.05) is 13.0 Å². The van der Waals surface area contributed by atoms with Crippen LogP contribution in [0.4, 0.5) is 0 Å². The van der Waals surface area contributed by atoms with Crippen LogP contribution < -0.4 is 5.32 Å². The van der Waals surface area contributed by atoms with E-state index >= 15 is 0 Å². The molecule has 4 fully saturated rings. The number of amides is 1. The Morgan fingerprint density at radius 3 is 2.17 bits per heavy atom. The third-order valence-corrected chi connectivity index (χ3v) is 15.0. The van der Waals surface area contributed by atoms with Crippen LogP contribution in [-0.4, -0.2) is 41.9 Å². The standard InChI is InChI=1S/C39H53NO6/c1-34(2)28-13-16-39(7)30(37(28,5)15-14-29(34)40-31(42)23-11-9-10-12-24(23)32(43)44)27(41)21-25-26-22-36(4,33(45)46-8)18-17-35(26,3)19-20-38(25,39)6/h9-12,21,26,28-30H,13-20,22H2,1-8H3,(H,40,42)(H,43,44)/t26-,28+,29?,30-,35-,36+,37+,38-,39-/m1/s1. The Bertz CT molecular complexity index is 1530. The number of carbonyl (C=O) groups excluding carboxylic acids is 3. The van der Waals surface area contributed by atoms with Gasteiger partial charge in [-0.1, -0.05) is 59.2 Å². The van der Waals surface area contributed by atoms with Crippen molar-refractivity contribution in [3.8, 4) is 0 Å². The first kappa shape index (κ1) is 33.0. The van der Waals surface area contributed by atoms with Crippen LogP contribution in [0.5, 0.6) is 0 Å². The minimum atomic E-state index is -1.12. The third-order valence-electron chi connectivity index (χ3n) is 15.0. The van der Waals surface area contributed by atoms with Gasteiger partial charge in [-0.05, 0) is 122 Å². The molecular weight excluding hydrogens is 578 g/mol. The molecule has 7 heteroatoms. The molecular formula is C39H53NO6. The maximum absolute atomic E-state index is 14.7. The summed E-state index contributed by atoms with van der Waals surface area (Å²) in [5.41, 5.74) is 0.0835. The predicted molar refractivity (Wildman–Crippen MR) is 176 cm³/mol. The van der Waals surface area contributed by atoms with Gasteiger partial charge in [0.2, 0.25) is 0 Å². The number of allylic oxidation sites excluding steroid dienone is 2. The lowest BCUT2D eigenvalue weighted by Gasteiger charge is -2.70. The highest BCUT2D eigenvalue weighted by molar-refractivity contribution is 6.05. The fourth-order valence-corrected chi connectivity index (χ4v) is 12.0. The van der Waals surface area contributed by atoms with Gasteiger partial charge in [-0.3, -0.25) is 14.4 Å². The number of rotatable bonds is 4. The van der Waals surface area contributed by atoms with Crippen LogP contribution in [0.25, 0.3) is 0 Å². The van der Waals surface area contributed by atoms with E-state index in [2.05, 4.69) is 46.9 Å². The van der Waals surface area contributed by atoms with E-state index in [1.54, 1.807) is 18.2 Å². The van der Waals surface area contributed by atoms with Gasteiger partial charge in [0, 0.05) is 12.0 Å². The number of esters is 1. The van der Waals surface area contributed by atoms with Crippen LogP contribution in [0.15, 0.2) is 35.9 Å². The van der Waals surface area contributed by atoms with Crippen molar-refractivity contribution in [2.45, 2.75) is 112 Å². The summed E-state index contributed by atoms with van der Waals surface area (Å²) in [7, 11) is 1.48. The zero-order valence-corrected chi connectivity index (χ0v) is 29.0. The number of carboxylic acids is 1. The van der Waals surface area contributed by atoms with Gasteiger partial charge in [-0.2, -0.15) is 0 Å². The minimum absolute atomic E-state index is 0.00368. The number of carbonyl (C=O) groups is 4. The van der Waals surface area contributed by atoms with E-state index < -0.39 is 11.4 Å². The second-order valence-electron chi connectivity index (χ2n) is 17.5. The highest BCUT2D eigenvalue weighted by atomic mass is 16.5. The van der Waals surface area contributed by atoms with E-state index in [0.29, 0.717) is 0 Å². The van der Waals surface area contributed by atoms with Crippen molar-refractivity contribution in [1.29, 1.82) is 0 Å². The summed E-state index contributed by atoms with van der Waals surface area (Å²) in [4.78, 5) is 53.0. The lowest BCUT2D eigenvalue weighted by molar-refractivity contribution is -0.189. The lowest BCUT2D eigenvalue weighted by atomic mass is 9.33. The Hall–Kier alpha value is -2.96. The van der Waals surface area contributed by atoms with E-state index in [-0.39, 0.29) is 79.7 Å². The Morgan fingerprint density at radius 2 is 1.52 bits per heavy atom. The molecule has 0 radical (unpaired) electrons. The molecule has 4 saturated carbocycles. The number of ether oxygens (including phenoxy) is 1. The number of methoxy groups -OCH3 is 1. The van der Waals surface area contributed by atoms with Gasteiger partial charge in [-0.25, -0.2) is 4.79 Å². The molecule has 6 rings (SSSR count). The van der Waals surface area contributed by atoms with E-state index in [1.165, 1.54) is 18.7 Å². The Morgan fingerprint density at radius 1 is 0.870 bits per heavy atom. The molecule has 1 amide bonds. The number of nitrogens with one attached hydrogen (secondary N) is 1. The van der Waals surface area contributed by atoms with Gasteiger partial charge in [-0.15, -0.1) is 0 Å². The van der Waals surface area contributed by atoms with E-state index in [0.717, 1.165) is 57.8 Å². The average molecular weight is 632 g/mol. The number of carboxylic acid groups (broad SMARTS) is 1. The second-order valence-corrected chi connectivity index (χ2v) is 17.5. The van der Waals surface area contributed by atoms with Crippen LogP contribution in [0, 0.1) is 50.2 Å². The largest absolute Gasteiger partial charge is 0.478 e. The van der Waals surface area contributed by atoms with Crippen LogP contribution >= 0.6 is 0 Å². The maximum atomic E-state index is 14.7. The molecule has 1 aromatic rings. The Kier molecular flexibility index (Phi) is 7.54. The van der Waals surface area contributed by atoms with Crippen molar-refractivity contribution in [3.63, 3.8) is 0 Å². The van der Waals surface area contributed by atoms with Crippen molar-refractivity contribution in [2.24, 2.45) is 50.2 Å². The average Bonchev–Trinajstić information content (AvgIpc) is 2.99. The number of fused-ring (bicyclic) bond motifs is 7. The molecule has 9 atom stereocenters. The Balaban J connectivity index is 1.33. The highest BCUT2D eigenvalue weighted by Crippen LogP contribution is 2.75. The normalized spacial score (nSPS) is 42.7. The fourth-order valence-electron chi connectivity index (χ4n) is 12.0. The first-order valence-corrected chi connectivity index (χ1v) is 17.4. The first-order chi connectivity index (χ1) is 21.4. The minimum Gasteiger partial charge on any atom is -0.478 e. The molecule has 1 aromatic carbocycles. The van der Waals surface area contributed by atoms with E-state index in [9.17, 15) is 24.3 Å². The molecule has 0 bridgehead atoms. The molecule has 2 N–H and O–H groups in total. The van der Waals surface area contributed by atoms with E-state index in [4.69, 9.17) is 4.74 Å². The van der Waals surface area contributed by atoms with Gasteiger partial charge in [0.1, 0.15) is 0 Å². The predicted octanol–water partition coefficient (Wildman–Crippen LogP) is 7.64. The summed E-state index contributed by atoms with van der Waals surface area (Å²) in [5.74, 6) is -1.12. The molecule has 7 nitrogen and oxygen atoms in total. The zero-order chi connectivity index (χ0) is 33.7. The topological polar surface area (TPSA) is 110 Å². The van der Waals surface area contributed by atoms with Crippen molar-refractivity contribution in [2.75, 3.05) is 7.11 Å². The van der Waals surface area contributed by atoms with Crippen molar-refractivity contribution >= 4 is 23.6 Å². The van der Waals surface area contributed by atoms with Crippen molar-refractivity contribution in [3.05, 3.63) is 47.0 Å². The van der Waals surface area contributed by atoms with Crippen molar-refractivity contribution < 1.29 is 29.0 Å². The molecule has 0 heterocycles. The number of benzene rings is 1. The zero-order valence-electron chi connectivity index (χ0n) is 29.0. The fraction of sp³-hybridized carbons (Fsp3) is 0.692. The van der Waals surface area contributed by atoms with Crippen LogP contribution in [0.3, 0.4) is 0 Å². The summed E-state index contributed by atoms with van der Waals surface area (Å²) < 4.78 is 5.28. The molecule has 46 heavy (non-hydrogen) atoms.